The van der Waals surface area contributed by atoms with Gasteiger partial charge in [0.05, 0.1) is 0 Å². The van der Waals surface area contributed by atoms with E-state index in [-0.39, 0.29) is 28.7 Å². The summed E-state index contributed by atoms with van der Waals surface area (Å²) in [5.41, 5.74) is 9.81. The molecular formula is C4H8CuN10. The zero-order chi connectivity index (χ0) is 10.2. The molecule has 0 aliphatic carbocycles. The molecule has 0 saturated heterocycles. The van der Waals surface area contributed by atoms with Crippen molar-refractivity contribution in [3.63, 3.8) is 0 Å². The quantitative estimate of drug-likeness (QED) is 0.666. The van der Waals surface area contributed by atoms with Crippen molar-refractivity contribution in [3.8, 4) is 0 Å². The fourth-order valence-corrected chi connectivity index (χ4v) is 0.468. The molecule has 0 bridgehead atoms. The molecule has 0 spiro atoms. The molecule has 2 aliphatic rings. The third-order valence-electron chi connectivity index (χ3n) is 1.00. The fourth-order valence-electron chi connectivity index (χ4n) is 0.468. The molecule has 0 aromatic carbocycles. The molecule has 11 heteroatoms. The van der Waals surface area contributed by atoms with Crippen LogP contribution in [0.3, 0.4) is 0 Å². The average molecular weight is 260 g/mol. The second-order valence-electron chi connectivity index (χ2n) is 1.98. The maximum absolute atomic E-state index is 4.90. The van der Waals surface area contributed by atoms with Gasteiger partial charge in [-0.25, -0.2) is 0 Å². The first-order chi connectivity index (χ1) is 6.88. The predicted octanol–water partition coefficient (Wildman–Crippen LogP) is 0.680. The van der Waals surface area contributed by atoms with E-state index in [4.69, 9.17) is 11.5 Å². The molecule has 2 rings (SSSR count). The second kappa shape index (κ2) is 7.94. The summed E-state index contributed by atoms with van der Waals surface area (Å²) >= 11 is 0. The summed E-state index contributed by atoms with van der Waals surface area (Å²) in [7, 11) is 0. The molecule has 0 unspecified atom stereocenters. The fraction of sp³-hybridized carbons (Fsp3) is 0.500. The van der Waals surface area contributed by atoms with Crippen molar-refractivity contribution in [2.24, 2.45) is 52.8 Å². The van der Waals surface area contributed by atoms with Gasteiger partial charge in [0.1, 0.15) is 0 Å². The van der Waals surface area contributed by atoms with Gasteiger partial charge >= 0.3 is 0 Å². The van der Waals surface area contributed by atoms with Crippen LogP contribution < -0.4 is 11.5 Å². The first-order valence-electron chi connectivity index (χ1n) is 3.66. The smallest absolute Gasteiger partial charge is 0.248 e. The Morgan fingerprint density at radius 3 is 1.13 bits per heavy atom. The minimum absolute atomic E-state index is 0. The van der Waals surface area contributed by atoms with Gasteiger partial charge < -0.3 is 11.5 Å². The van der Waals surface area contributed by atoms with Gasteiger partial charge in [0.15, 0.2) is 0 Å². The van der Waals surface area contributed by atoms with Crippen LogP contribution >= 0.6 is 0 Å². The van der Waals surface area contributed by atoms with E-state index in [9.17, 15) is 0 Å². The van der Waals surface area contributed by atoms with E-state index in [0.29, 0.717) is 13.1 Å². The zero-order valence-corrected chi connectivity index (χ0v) is 8.39. The monoisotopic (exact) mass is 259 g/mol. The van der Waals surface area contributed by atoms with Crippen LogP contribution in [0.1, 0.15) is 0 Å². The van der Waals surface area contributed by atoms with Crippen molar-refractivity contribution >= 4 is 0 Å². The van der Waals surface area contributed by atoms with Crippen LogP contribution in [0.4, 0.5) is 0 Å². The minimum Gasteiger partial charge on any atom is -0.329 e. The topological polar surface area (TPSA) is 151 Å². The van der Waals surface area contributed by atoms with Crippen molar-refractivity contribution in [2.75, 3.05) is 13.1 Å². The molecular weight excluding hydrogens is 252 g/mol. The summed E-state index contributed by atoms with van der Waals surface area (Å²) in [5.74, 6) is 0.481. The first-order valence-corrected chi connectivity index (χ1v) is 3.66. The average Bonchev–Trinajstić information content (AvgIpc) is 2.89. The Bertz CT molecular complexity index is 266. The standard InChI is InChI=1S/C2N8.C2H8N2.Cu/c3-1(4-8-7-3)2-5-9-10-6-2;3-1-2-4;/h;1-4H2;. The van der Waals surface area contributed by atoms with Gasteiger partial charge in [-0.05, 0) is 20.9 Å². The van der Waals surface area contributed by atoms with Gasteiger partial charge in [-0.2, -0.15) is 0 Å². The molecule has 4 N–H and O–H groups in total. The molecule has 0 aromatic heterocycles. The summed E-state index contributed by atoms with van der Waals surface area (Å²) in [6, 6.07) is 0. The maximum Gasteiger partial charge on any atom is 0.248 e. The summed E-state index contributed by atoms with van der Waals surface area (Å²) in [5, 5.41) is 26.9. The Morgan fingerprint density at radius 2 is 0.933 bits per heavy atom. The van der Waals surface area contributed by atoms with E-state index in [1.54, 1.807) is 0 Å². The number of nitrogens with zero attached hydrogens (tertiary/aromatic N) is 8. The predicted molar refractivity (Wildman–Crippen MR) is 44.6 cm³/mol. The first kappa shape index (κ1) is 13.6. The van der Waals surface area contributed by atoms with Crippen LogP contribution in [0.5, 0.6) is 0 Å². The Kier molecular flexibility index (Phi) is 7.18. The van der Waals surface area contributed by atoms with E-state index in [1.807, 2.05) is 0 Å². The van der Waals surface area contributed by atoms with E-state index in [0.717, 1.165) is 0 Å². The number of rotatable bonds is 1. The van der Waals surface area contributed by atoms with Crippen molar-refractivity contribution in [1.82, 2.24) is 0 Å². The molecule has 0 aromatic rings. The number of hydrogen-bond acceptors (Lipinski definition) is 10. The van der Waals surface area contributed by atoms with Gasteiger partial charge in [-0.1, -0.05) is 0 Å². The third-order valence-corrected chi connectivity index (χ3v) is 1.00. The van der Waals surface area contributed by atoms with Crippen LogP contribution in [0.25, 0.3) is 0 Å². The molecule has 15 heavy (non-hydrogen) atoms. The van der Waals surface area contributed by atoms with Gasteiger partial charge in [-0.15, -0.1) is 20.5 Å². The third kappa shape index (κ3) is 4.56. The molecule has 1 radical (unpaired) electrons. The van der Waals surface area contributed by atoms with Gasteiger partial charge in [0, 0.05) is 30.2 Å². The SMILES string of the molecule is N1=NC(=C2N=NN=N2)N=N1.NCCN.[Cu]. The molecule has 0 saturated carbocycles. The van der Waals surface area contributed by atoms with Crippen molar-refractivity contribution in [1.29, 1.82) is 0 Å². The maximum atomic E-state index is 4.90. The summed E-state index contributed by atoms with van der Waals surface area (Å²) in [6.07, 6.45) is 0. The summed E-state index contributed by atoms with van der Waals surface area (Å²) in [4.78, 5) is 0. The molecule has 10 nitrogen and oxygen atoms in total. The van der Waals surface area contributed by atoms with Crippen LogP contribution in [0.2, 0.25) is 0 Å². The Hall–Kier alpha value is -1.42. The molecule has 85 valence electrons. The minimum atomic E-state index is 0. The summed E-state index contributed by atoms with van der Waals surface area (Å²) in [6.45, 7) is 1.19. The largest absolute Gasteiger partial charge is 0.329 e. The number of hydrogen-bond donors (Lipinski definition) is 2. The Balaban J connectivity index is 0.000000346. The van der Waals surface area contributed by atoms with Crippen LogP contribution in [-0.2, 0) is 17.1 Å². The molecule has 2 aliphatic heterocycles. The van der Waals surface area contributed by atoms with E-state index in [2.05, 4.69) is 41.4 Å². The van der Waals surface area contributed by atoms with Gasteiger partial charge in [0.25, 0.3) is 0 Å². The van der Waals surface area contributed by atoms with Gasteiger partial charge in [-0.3, -0.25) is 0 Å². The Labute approximate surface area is 95.1 Å². The summed E-state index contributed by atoms with van der Waals surface area (Å²) < 4.78 is 0. The molecule has 0 fully saturated rings. The van der Waals surface area contributed by atoms with Crippen LogP contribution in [0, 0.1) is 0 Å². The van der Waals surface area contributed by atoms with E-state index in [1.165, 1.54) is 0 Å². The van der Waals surface area contributed by atoms with E-state index < -0.39 is 0 Å². The van der Waals surface area contributed by atoms with Crippen LogP contribution in [0.15, 0.2) is 53.0 Å². The zero-order valence-electron chi connectivity index (χ0n) is 7.45. The van der Waals surface area contributed by atoms with Crippen LogP contribution in [-0.4, -0.2) is 13.1 Å². The molecule has 2 heterocycles. The van der Waals surface area contributed by atoms with Crippen molar-refractivity contribution in [2.45, 2.75) is 0 Å². The van der Waals surface area contributed by atoms with Crippen molar-refractivity contribution < 1.29 is 17.1 Å². The van der Waals surface area contributed by atoms with Crippen molar-refractivity contribution in [3.05, 3.63) is 11.6 Å². The van der Waals surface area contributed by atoms with Gasteiger partial charge in [0.2, 0.25) is 11.6 Å². The normalized spacial score (nSPS) is 15.3. The molecule has 0 amide bonds. The number of nitrogens with two attached hydrogens (primary N) is 2. The Morgan fingerprint density at radius 1 is 0.667 bits per heavy atom. The second-order valence-corrected chi connectivity index (χ2v) is 1.98. The molecule has 0 atom stereocenters. The van der Waals surface area contributed by atoms with E-state index >= 15 is 0 Å².